The molecule has 13 heteroatoms. The van der Waals surface area contributed by atoms with Gasteiger partial charge in [-0.2, -0.15) is 0 Å². The third kappa shape index (κ3) is 3.94. The Balaban J connectivity index is 1.76. The van der Waals surface area contributed by atoms with Crippen molar-refractivity contribution in [2.75, 3.05) is 13.2 Å². The number of hydrogen-bond donors (Lipinski definition) is 7. The van der Waals surface area contributed by atoms with Crippen LogP contribution in [0.2, 0.25) is 0 Å². The molecular weight excluding hydrogens is 398 g/mol. The number of ether oxygens (including phenoxy) is 3. The van der Waals surface area contributed by atoms with E-state index in [0.29, 0.717) is 4.90 Å². The standard InChI is InChI=1S/C16H23NO12/c18-3-5-9(22)10(23)13(26)16(28-5)29-14-6(4-19)27-15(12(25)11(14)24)17-7(20)1-2-8(17)21/h1-2,5-6,9-16,18-19,22-26H,3-4H2/t5-,6-,9-,10+,11-,12-,13-,14-,15-,16-/m1/s1. The van der Waals surface area contributed by atoms with Gasteiger partial charge in [0.15, 0.2) is 12.5 Å². The first-order valence-corrected chi connectivity index (χ1v) is 8.85. The van der Waals surface area contributed by atoms with Gasteiger partial charge < -0.3 is 50.0 Å². The molecule has 2 fully saturated rings. The molecule has 0 aromatic heterocycles. The van der Waals surface area contributed by atoms with Crippen molar-refractivity contribution in [3.8, 4) is 0 Å². The molecule has 3 rings (SSSR count). The summed E-state index contributed by atoms with van der Waals surface area (Å²) in [5.74, 6) is -1.56. The molecule has 0 aromatic carbocycles. The molecule has 3 aliphatic heterocycles. The molecule has 10 atom stereocenters. The molecule has 0 saturated carbocycles. The highest BCUT2D eigenvalue weighted by atomic mass is 16.7. The van der Waals surface area contributed by atoms with Gasteiger partial charge in [0.2, 0.25) is 0 Å². The number of rotatable bonds is 5. The Kier molecular flexibility index (Phi) is 6.64. The molecule has 3 heterocycles. The van der Waals surface area contributed by atoms with Crippen LogP contribution < -0.4 is 0 Å². The van der Waals surface area contributed by atoms with Crippen LogP contribution in [0.1, 0.15) is 0 Å². The van der Waals surface area contributed by atoms with E-state index >= 15 is 0 Å². The second kappa shape index (κ2) is 8.69. The molecule has 0 radical (unpaired) electrons. The Morgan fingerprint density at radius 3 is 1.93 bits per heavy atom. The zero-order valence-electron chi connectivity index (χ0n) is 15.0. The van der Waals surface area contributed by atoms with Crippen molar-refractivity contribution in [1.82, 2.24) is 4.90 Å². The summed E-state index contributed by atoms with van der Waals surface area (Å²) in [5.41, 5.74) is 0. The molecule has 0 aliphatic carbocycles. The Morgan fingerprint density at radius 1 is 0.793 bits per heavy atom. The summed E-state index contributed by atoms with van der Waals surface area (Å²) in [4.78, 5) is 24.2. The summed E-state index contributed by atoms with van der Waals surface area (Å²) in [7, 11) is 0. The van der Waals surface area contributed by atoms with E-state index in [1.807, 2.05) is 0 Å². The summed E-state index contributed by atoms with van der Waals surface area (Å²) in [6.07, 6.45) is -14.3. The Morgan fingerprint density at radius 2 is 1.38 bits per heavy atom. The SMILES string of the molecule is O=C1C=CC(=O)N1[C@@H]1O[C@H](CO)[C@@H](O[C@H]2O[C@H](CO)[C@@H](O)[C@H](O)[C@H]2O)[C@H](O)[C@H]1O. The topological polar surface area (TPSA) is 207 Å². The van der Waals surface area contributed by atoms with E-state index < -0.39 is 86.4 Å². The highest BCUT2D eigenvalue weighted by molar-refractivity contribution is 6.13. The average Bonchev–Trinajstić information content (AvgIpc) is 3.04. The second-order valence-electron chi connectivity index (χ2n) is 6.91. The zero-order valence-corrected chi connectivity index (χ0v) is 15.0. The predicted molar refractivity (Wildman–Crippen MR) is 87.4 cm³/mol. The Labute approximate surface area is 163 Å². The van der Waals surface area contributed by atoms with Crippen LogP contribution in [0.15, 0.2) is 12.2 Å². The lowest BCUT2D eigenvalue weighted by Gasteiger charge is -2.47. The fraction of sp³-hybridized carbons (Fsp3) is 0.750. The summed E-state index contributed by atoms with van der Waals surface area (Å²) in [6.45, 7) is -1.49. The van der Waals surface area contributed by atoms with E-state index in [4.69, 9.17) is 14.2 Å². The number of carbonyl (C=O) groups excluding carboxylic acids is 2. The summed E-state index contributed by atoms with van der Waals surface area (Å²) >= 11 is 0. The number of aliphatic hydroxyl groups is 7. The van der Waals surface area contributed by atoms with Gasteiger partial charge in [-0.3, -0.25) is 9.59 Å². The van der Waals surface area contributed by atoms with Crippen LogP contribution in [-0.2, 0) is 23.8 Å². The largest absolute Gasteiger partial charge is 0.394 e. The first kappa shape index (κ1) is 22.2. The third-order valence-electron chi connectivity index (χ3n) is 5.08. The van der Waals surface area contributed by atoms with Crippen LogP contribution in [0, 0.1) is 0 Å². The lowest BCUT2D eigenvalue weighted by atomic mass is 9.96. The van der Waals surface area contributed by atoms with E-state index in [2.05, 4.69) is 0 Å². The highest BCUT2D eigenvalue weighted by Gasteiger charge is 2.53. The molecule has 3 aliphatic rings. The maximum atomic E-state index is 11.8. The highest BCUT2D eigenvalue weighted by Crippen LogP contribution is 2.31. The van der Waals surface area contributed by atoms with Crippen LogP contribution in [0.4, 0.5) is 0 Å². The van der Waals surface area contributed by atoms with Crippen LogP contribution in [0.5, 0.6) is 0 Å². The number of amides is 2. The number of hydrogen-bond acceptors (Lipinski definition) is 12. The van der Waals surface area contributed by atoms with Gasteiger partial charge in [0, 0.05) is 12.2 Å². The summed E-state index contributed by atoms with van der Waals surface area (Å²) < 4.78 is 16.0. The normalized spacial score (nSPS) is 45.8. The molecule has 2 amide bonds. The van der Waals surface area contributed by atoms with Crippen LogP contribution in [-0.4, -0.2) is 127 Å². The van der Waals surface area contributed by atoms with E-state index in [0.717, 1.165) is 12.2 Å². The van der Waals surface area contributed by atoms with Crippen LogP contribution in [0.3, 0.4) is 0 Å². The molecule has 2 saturated heterocycles. The van der Waals surface area contributed by atoms with Crippen molar-refractivity contribution in [2.24, 2.45) is 0 Å². The van der Waals surface area contributed by atoms with E-state index in [-0.39, 0.29) is 0 Å². The quantitative estimate of drug-likeness (QED) is 0.208. The molecule has 13 nitrogen and oxygen atoms in total. The second-order valence-corrected chi connectivity index (χ2v) is 6.91. The average molecular weight is 421 g/mol. The van der Waals surface area contributed by atoms with Crippen molar-refractivity contribution in [3.05, 3.63) is 12.2 Å². The van der Waals surface area contributed by atoms with Gasteiger partial charge in [0.05, 0.1) is 13.2 Å². The fourth-order valence-electron chi connectivity index (χ4n) is 3.45. The van der Waals surface area contributed by atoms with Gasteiger partial charge in [0.25, 0.3) is 11.8 Å². The molecule has 0 unspecified atom stereocenters. The van der Waals surface area contributed by atoms with Gasteiger partial charge in [-0.25, -0.2) is 4.90 Å². The number of carbonyl (C=O) groups is 2. The molecule has 164 valence electrons. The first-order chi connectivity index (χ1) is 13.7. The van der Waals surface area contributed by atoms with Crippen molar-refractivity contribution < 1.29 is 59.5 Å². The monoisotopic (exact) mass is 421 g/mol. The molecule has 0 bridgehead atoms. The minimum absolute atomic E-state index is 0.570. The van der Waals surface area contributed by atoms with Crippen LogP contribution in [0.25, 0.3) is 0 Å². The number of nitrogens with zero attached hydrogens (tertiary/aromatic N) is 1. The number of imide groups is 1. The zero-order chi connectivity index (χ0) is 21.5. The Hall–Kier alpha value is -1.52. The predicted octanol–water partition coefficient (Wildman–Crippen LogP) is -5.46. The first-order valence-electron chi connectivity index (χ1n) is 8.85. The minimum atomic E-state index is -1.83. The molecule has 0 aromatic rings. The third-order valence-corrected chi connectivity index (χ3v) is 5.08. The number of aliphatic hydroxyl groups excluding tert-OH is 7. The molecule has 0 spiro atoms. The lowest BCUT2D eigenvalue weighted by molar-refractivity contribution is -0.346. The van der Waals surface area contributed by atoms with Gasteiger partial charge in [-0.05, 0) is 0 Å². The molecule has 7 N–H and O–H groups in total. The maximum Gasteiger partial charge on any atom is 0.255 e. The van der Waals surface area contributed by atoms with E-state index in [1.165, 1.54) is 0 Å². The molecule has 29 heavy (non-hydrogen) atoms. The maximum absolute atomic E-state index is 11.8. The van der Waals surface area contributed by atoms with Crippen molar-refractivity contribution >= 4 is 11.8 Å². The van der Waals surface area contributed by atoms with Crippen molar-refractivity contribution in [1.29, 1.82) is 0 Å². The van der Waals surface area contributed by atoms with Crippen molar-refractivity contribution in [2.45, 2.75) is 61.3 Å². The van der Waals surface area contributed by atoms with E-state index in [1.54, 1.807) is 0 Å². The lowest BCUT2D eigenvalue weighted by Crippen LogP contribution is -2.67. The summed E-state index contributed by atoms with van der Waals surface area (Å²) in [5, 5.41) is 69.4. The summed E-state index contributed by atoms with van der Waals surface area (Å²) in [6, 6.07) is 0. The smallest absolute Gasteiger partial charge is 0.255 e. The van der Waals surface area contributed by atoms with E-state index in [9.17, 15) is 45.3 Å². The minimum Gasteiger partial charge on any atom is -0.394 e. The van der Waals surface area contributed by atoms with Crippen molar-refractivity contribution in [3.63, 3.8) is 0 Å². The Bertz CT molecular complexity index is 636. The van der Waals surface area contributed by atoms with Gasteiger partial charge in [-0.15, -0.1) is 0 Å². The molecular formula is C16H23NO12. The van der Waals surface area contributed by atoms with Crippen LogP contribution >= 0.6 is 0 Å². The fourth-order valence-corrected chi connectivity index (χ4v) is 3.45. The van der Waals surface area contributed by atoms with Gasteiger partial charge in [-0.1, -0.05) is 0 Å². The van der Waals surface area contributed by atoms with Gasteiger partial charge in [0.1, 0.15) is 48.8 Å². The van der Waals surface area contributed by atoms with Gasteiger partial charge >= 0.3 is 0 Å².